The number of hydrogen-bond donors (Lipinski definition) is 1. The van der Waals surface area contributed by atoms with Crippen LogP contribution in [-0.4, -0.2) is 28.1 Å². The highest BCUT2D eigenvalue weighted by molar-refractivity contribution is 6.30. The summed E-state index contributed by atoms with van der Waals surface area (Å²) in [6, 6.07) is 18.0. The van der Waals surface area contributed by atoms with Crippen LogP contribution in [-0.2, 0) is 4.79 Å². The lowest BCUT2D eigenvalue weighted by Crippen LogP contribution is -2.22. The molecule has 0 radical (unpaired) electrons. The molecule has 1 aromatic heterocycles. The number of benzene rings is 3. The summed E-state index contributed by atoms with van der Waals surface area (Å²) >= 11 is 6.04. The zero-order valence-electron chi connectivity index (χ0n) is 18.1. The molecule has 9 heteroatoms. The molecular formula is C25H19ClF3NO4. The first-order valence-corrected chi connectivity index (χ1v) is 10.6. The van der Waals surface area contributed by atoms with Gasteiger partial charge in [0.1, 0.15) is 11.5 Å². The van der Waals surface area contributed by atoms with Crippen LogP contribution in [0, 0.1) is 6.92 Å². The molecule has 0 saturated heterocycles. The van der Waals surface area contributed by atoms with Gasteiger partial charge in [-0.2, -0.15) is 0 Å². The van der Waals surface area contributed by atoms with Crippen molar-refractivity contribution in [3.63, 3.8) is 0 Å². The number of carboxylic acid groups (broad SMARTS) is 1. The Bertz CT molecular complexity index is 1360. The molecule has 0 bridgehead atoms. The Morgan fingerprint density at radius 2 is 1.74 bits per heavy atom. The van der Waals surface area contributed by atoms with Crippen LogP contribution in [0.25, 0.3) is 27.7 Å². The normalized spacial score (nSPS) is 12.5. The van der Waals surface area contributed by atoms with Gasteiger partial charge in [0.25, 0.3) is 0 Å². The summed E-state index contributed by atoms with van der Waals surface area (Å²) < 4.78 is 50.1. The van der Waals surface area contributed by atoms with Crippen molar-refractivity contribution in [3.05, 3.63) is 77.4 Å². The van der Waals surface area contributed by atoms with E-state index in [1.807, 2.05) is 19.1 Å². The fourth-order valence-corrected chi connectivity index (χ4v) is 3.98. The third kappa shape index (κ3) is 4.82. The van der Waals surface area contributed by atoms with Crippen LogP contribution in [0.1, 0.15) is 12.6 Å². The molecule has 0 fully saturated rings. The molecule has 0 aliphatic carbocycles. The van der Waals surface area contributed by atoms with E-state index in [9.17, 15) is 18.0 Å². The third-order valence-corrected chi connectivity index (χ3v) is 5.53. The van der Waals surface area contributed by atoms with Crippen molar-refractivity contribution in [3.8, 4) is 28.3 Å². The molecule has 0 aliphatic heterocycles. The van der Waals surface area contributed by atoms with Crippen molar-refractivity contribution in [1.29, 1.82) is 0 Å². The summed E-state index contributed by atoms with van der Waals surface area (Å²) in [5, 5.41) is 10.4. The lowest BCUT2D eigenvalue weighted by Gasteiger charge is -2.14. The minimum absolute atomic E-state index is 0.310. The largest absolute Gasteiger partial charge is 0.573 e. The van der Waals surface area contributed by atoms with E-state index in [0.29, 0.717) is 27.4 Å². The minimum atomic E-state index is -4.83. The summed E-state index contributed by atoms with van der Waals surface area (Å²) in [5.41, 5.74) is 3.47. The maximum absolute atomic E-state index is 12.9. The van der Waals surface area contributed by atoms with Gasteiger partial charge >= 0.3 is 12.3 Å². The van der Waals surface area contributed by atoms with E-state index >= 15 is 0 Å². The second-order valence-electron chi connectivity index (χ2n) is 7.63. The quantitative estimate of drug-likeness (QED) is 0.316. The Kier molecular flexibility index (Phi) is 6.18. The number of fused-ring (bicyclic) bond motifs is 1. The topological polar surface area (TPSA) is 60.7 Å². The number of carboxylic acids is 1. The van der Waals surface area contributed by atoms with Gasteiger partial charge in [-0.1, -0.05) is 29.8 Å². The van der Waals surface area contributed by atoms with Gasteiger partial charge in [0.2, 0.25) is 0 Å². The first kappa shape index (κ1) is 23.5. The van der Waals surface area contributed by atoms with Crippen LogP contribution in [0.5, 0.6) is 11.5 Å². The van der Waals surface area contributed by atoms with Crippen LogP contribution < -0.4 is 9.47 Å². The van der Waals surface area contributed by atoms with Crippen molar-refractivity contribution in [2.24, 2.45) is 0 Å². The van der Waals surface area contributed by atoms with Gasteiger partial charge in [0.15, 0.2) is 6.10 Å². The molecule has 1 N–H and O–H groups in total. The number of aromatic nitrogens is 1. The van der Waals surface area contributed by atoms with Gasteiger partial charge in [0.05, 0.1) is 5.52 Å². The second kappa shape index (κ2) is 8.95. The molecule has 176 valence electrons. The van der Waals surface area contributed by atoms with Crippen LogP contribution in [0.2, 0.25) is 5.02 Å². The molecule has 0 aliphatic rings. The maximum atomic E-state index is 12.9. The lowest BCUT2D eigenvalue weighted by atomic mass is 10.0. The zero-order chi connectivity index (χ0) is 24.6. The monoisotopic (exact) mass is 489 g/mol. The van der Waals surface area contributed by atoms with Crippen molar-refractivity contribution >= 4 is 28.5 Å². The highest BCUT2D eigenvalue weighted by Crippen LogP contribution is 2.39. The van der Waals surface area contributed by atoms with Crippen molar-refractivity contribution in [1.82, 2.24) is 4.57 Å². The summed E-state index contributed by atoms with van der Waals surface area (Å²) in [4.78, 5) is 11.2. The number of nitrogens with zero attached hydrogens (tertiary/aromatic N) is 1. The number of ether oxygens (including phenoxy) is 2. The molecule has 0 spiro atoms. The highest BCUT2D eigenvalue weighted by atomic mass is 35.5. The molecule has 4 rings (SSSR count). The Morgan fingerprint density at radius 3 is 2.38 bits per heavy atom. The van der Waals surface area contributed by atoms with E-state index in [1.165, 1.54) is 19.1 Å². The standard InChI is InChI=1S/C25H19ClF3NO4/c1-14-23(16-6-8-17(26)9-7-16)21-11-10-20(34-25(27,28)29)13-22(21)30(14)18-4-3-5-19(12-18)33-15(2)24(31)32/h3-13,15H,1-2H3,(H,31,32)/t15-/m1/s1. The minimum Gasteiger partial charge on any atom is -0.479 e. The van der Waals surface area contributed by atoms with Crippen LogP contribution in [0.15, 0.2) is 66.7 Å². The first-order chi connectivity index (χ1) is 16.0. The van der Waals surface area contributed by atoms with Gasteiger partial charge < -0.3 is 19.1 Å². The molecule has 34 heavy (non-hydrogen) atoms. The third-order valence-electron chi connectivity index (χ3n) is 5.28. The van der Waals surface area contributed by atoms with Crippen LogP contribution in [0.3, 0.4) is 0 Å². The van der Waals surface area contributed by atoms with E-state index < -0.39 is 18.4 Å². The van der Waals surface area contributed by atoms with E-state index in [4.69, 9.17) is 21.4 Å². The number of rotatable bonds is 6. The Labute approximate surface area is 197 Å². The van der Waals surface area contributed by atoms with Gasteiger partial charge in [-0.3, -0.25) is 0 Å². The van der Waals surface area contributed by atoms with Crippen LogP contribution in [0.4, 0.5) is 13.2 Å². The summed E-state index contributed by atoms with van der Waals surface area (Å²) in [6.45, 7) is 3.26. The smallest absolute Gasteiger partial charge is 0.479 e. The summed E-state index contributed by atoms with van der Waals surface area (Å²) in [6.07, 6.45) is -5.91. The molecule has 0 unspecified atom stereocenters. The molecule has 1 atom stereocenters. The maximum Gasteiger partial charge on any atom is 0.573 e. The molecule has 0 saturated carbocycles. The number of alkyl halides is 3. The average Bonchev–Trinajstić information content (AvgIpc) is 3.04. The summed E-state index contributed by atoms with van der Waals surface area (Å²) in [7, 11) is 0. The van der Waals surface area contributed by atoms with E-state index in [0.717, 1.165) is 16.8 Å². The zero-order valence-corrected chi connectivity index (χ0v) is 18.8. The first-order valence-electron chi connectivity index (χ1n) is 10.2. The number of carbonyl (C=O) groups is 1. The summed E-state index contributed by atoms with van der Waals surface area (Å²) in [5.74, 6) is -1.16. The Morgan fingerprint density at radius 1 is 1.03 bits per heavy atom. The lowest BCUT2D eigenvalue weighted by molar-refractivity contribution is -0.274. The van der Waals surface area contributed by atoms with Gasteiger partial charge in [-0.05, 0) is 55.8 Å². The predicted octanol–water partition coefficient (Wildman–Crippen LogP) is 7.01. The molecular weight excluding hydrogens is 471 g/mol. The molecule has 5 nitrogen and oxygen atoms in total. The van der Waals surface area contributed by atoms with E-state index in [1.54, 1.807) is 47.0 Å². The Hall–Kier alpha value is -3.65. The Balaban J connectivity index is 1.93. The average molecular weight is 490 g/mol. The fourth-order valence-electron chi connectivity index (χ4n) is 3.86. The molecule has 4 aromatic rings. The molecule has 3 aromatic carbocycles. The van der Waals surface area contributed by atoms with Gasteiger partial charge in [0, 0.05) is 39.5 Å². The number of halogens is 4. The molecule has 1 heterocycles. The second-order valence-corrected chi connectivity index (χ2v) is 8.06. The van der Waals surface area contributed by atoms with Gasteiger partial charge in [-0.25, -0.2) is 4.79 Å². The van der Waals surface area contributed by atoms with Crippen LogP contribution >= 0.6 is 11.6 Å². The molecule has 0 amide bonds. The SMILES string of the molecule is Cc1c(-c2ccc(Cl)cc2)c2ccc(OC(F)(F)F)cc2n1-c1cccc(O[C@H](C)C(=O)O)c1. The fraction of sp³-hybridized carbons (Fsp3) is 0.160. The van der Waals surface area contributed by atoms with Crippen molar-refractivity contribution in [2.75, 3.05) is 0 Å². The number of aliphatic carboxylic acids is 1. The van der Waals surface area contributed by atoms with Gasteiger partial charge in [-0.15, -0.1) is 13.2 Å². The number of hydrogen-bond acceptors (Lipinski definition) is 3. The highest BCUT2D eigenvalue weighted by Gasteiger charge is 2.31. The van der Waals surface area contributed by atoms with Crippen molar-refractivity contribution in [2.45, 2.75) is 26.3 Å². The van der Waals surface area contributed by atoms with E-state index in [2.05, 4.69) is 4.74 Å². The van der Waals surface area contributed by atoms with E-state index in [-0.39, 0.29) is 5.75 Å². The predicted molar refractivity (Wildman–Crippen MR) is 123 cm³/mol. The van der Waals surface area contributed by atoms with Crippen molar-refractivity contribution < 1.29 is 32.5 Å².